The van der Waals surface area contributed by atoms with Crippen LogP contribution >= 0.6 is 23.2 Å². The van der Waals surface area contributed by atoms with Crippen LogP contribution in [0.15, 0.2) is 17.0 Å². The Morgan fingerprint density at radius 1 is 1.30 bits per heavy atom. The van der Waals surface area contributed by atoms with E-state index in [0.29, 0.717) is 0 Å². The first-order chi connectivity index (χ1) is 10.6. The Balaban J connectivity index is 3.24. The van der Waals surface area contributed by atoms with Crippen molar-refractivity contribution in [1.29, 1.82) is 5.26 Å². The van der Waals surface area contributed by atoms with E-state index in [1.807, 2.05) is 13.8 Å². The lowest BCUT2D eigenvalue weighted by Gasteiger charge is -2.13. The number of nitrogens with one attached hydrogen (secondary N) is 1. The van der Waals surface area contributed by atoms with Crippen LogP contribution < -0.4 is 4.72 Å². The number of benzene rings is 1. The molecule has 126 valence electrons. The molecule has 1 aromatic rings. The van der Waals surface area contributed by atoms with Crippen LogP contribution in [0.3, 0.4) is 0 Å². The molecule has 0 bridgehead atoms. The van der Waals surface area contributed by atoms with Gasteiger partial charge in [-0.2, -0.15) is 5.26 Å². The second-order valence-electron chi connectivity index (χ2n) is 5.18. The van der Waals surface area contributed by atoms with E-state index in [4.69, 9.17) is 33.2 Å². The van der Waals surface area contributed by atoms with E-state index in [0.717, 1.165) is 12.1 Å². The maximum Gasteiger partial charge on any atom is 0.341 e. The Labute approximate surface area is 145 Å². The summed E-state index contributed by atoms with van der Waals surface area (Å²) in [5.41, 5.74) is -0.178. The average molecular weight is 379 g/mol. The van der Waals surface area contributed by atoms with E-state index >= 15 is 0 Å². The summed E-state index contributed by atoms with van der Waals surface area (Å²) in [6.45, 7) is 5.28. The summed E-state index contributed by atoms with van der Waals surface area (Å²) in [5.74, 6) is -0.808. The molecule has 1 rings (SSSR count). The third kappa shape index (κ3) is 5.36. The normalized spacial score (nSPS) is 12.7. The van der Waals surface area contributed by atoms with Crippen LogP contribution in [-0.4, -0.2) is 27.0 Å². The molecule has 9 heteroatoms. The smallest absolute Gasteiger partial charge is 0.341 e. The molecule has 0 saturated carbocycles. The fraction of sp³-hybridized carbons (Fsp3) is 0.429. The SMILES string of the molecule is CC(C)CNS(=O)(=O)c1cc(C(=O)O[C@H](C)C#N)c(Cl)cc1Cl. The lowest BCUT2D eigenvalue weighted by atomic mass is 10.2. The molecular weight excluding hydrogens is 363 g/mol. The number of ether oxygens (including phenoxy) is 1. The Bertz CT molecular complexity index is 742. The van der Waals surface area contributed by atoms with Crippen molar-refractivity contribution in [3.63, 3.8) is 0 Å². The number of carbonyl (C=O) groups is 1. The van der Waals surface area contributed by atoms with Crippen molar-refractivity contribution in [2.75, 3.05) is 6.54 Å². The summed E-state index contributed by atoms with van der Waals surface area (Å²) in [4.78, 5) is 11.7. The summed E-state index contributed by atoms with van der Waals surface area (Å²) in [5, 5.41) is 8.49. The number of halogens is 2. The topological polar surface area (TPSA) is 96.3 Å². The zero-order valence-electron chi connectivity index (χ0n) is 12.8. The van der Waals surface area contributed by atoms with Gasteiger partial charge in [-0.15, -0.1) is 0 Å². The zero-order chi connectivity index (χ0) is 17.8. The second-order valence-corrected chi connectivity index (χ2v) is 7.73. The lowest BCUT2D eigenvalue weighted by Crippen LogP contribution is -2.28. The highest BCUT2D eigenvalue weighted by Gasteiger charge is 2.24. The predicted molar refractivity (Wildman–Crippen MR) is 87.0 cm³/mol. The van der Waals surface area contributed by atoms with Gasteiger partial charge in [-0.3, -0.25) is 0 Å². The van der Waals surface area contributed by atoms with Gasteiger partial charge in [0.2, 0.25) is 10.0 Å². The number of rotatable bonds is 6. The van der Waals surface area contributed by atoms with Gasteiger partial charge in [0.15, 0.2) is 6.10 Å². The number of esters is 1. The van der Waals surface area contributed by atoms with Crippen LogP contribution in [0.4, 0.5) is 0 Å². The Hall–Kier alpha value is -1.33. The van der Waals surface area contributed by atoms with Crippen molar-refractivity contribution >= 4 is 39.2 Å². The third-order valence-corrected chi connectivity index (χ3v) is 4.88. The van der Waals surface area contributed by atoms with Crippen LogP contribution in [0.2, 0.25) is 10.0 Å². The minimum Gasteiger partial charge on any atom is -0.444 e. The van der Waals surface area contributed by atoms with Gasteiger partial charge in [-0.05, 0) is 25.0 Å². The van der Waals surface area contributed by atoms with Crippen molar-refractivity contribution in [3.8, 4) is 6.07 Å². The maximum absolute atomic E-state index is 12.3. The Morgan fingerprint density at radius 2 is 1.91 bits per heavy atom. The van der Waals surface area contributed by atoms with Crippen molar-refractivity contribution in [3.05, 3.63) is 27.7 Å². The molecule has 6 nitrogen and oxygen atoms in total. The summed E-state index contributed by atoms with van der Waals surface area (Å²) >= 11 is 11.8. The molecular formula is C14H16Cl2N2O4S. The summed E-state index contributed by atoms with van der Waals surface area (Å²) in [6.07, 6.45) is -0.992. The summed E-state index contributed by atoms with van der Waals surface area (Å²) in [7, 11) is -3.91. The van der Waals surface area contributed by atoms with E-state index < -0.39 is 22.1 Å². The van der Waals surface area contributed by atoms with Crippen molar-refractivity contribution in [2.24, 2.45) is 5.92 Å². The van der Waals surface area contributed by atoms with Gasteiger partial charge in [0.1, 0.15) is 11.0 Å². The highest BCUT2D eigenvalue weighted by atomic mass is 35.5. The van der Waals surface area contributed by atoms with Crippen molar-refractivity contribution in [2.45, 2.75) is 31.8 Å². The number of carbonyl (C=O) groups excluding carboxylic acids is 1. The molecule has 1 atom stereocenters. The number of nitrogens with zero attached hydrogens (tertiary/aromatic N) is 1. The third-order valence-electron chi connectivity index (χ3n) is 2.68. The van der Waals surface area contributed by atoms with Gasteiger partial charge in [0.05, 0.1) is 15.6 Å². The first kappa shape index (κ1) is 19.7. The molecule has 1 N–H and O–H groups in total. The van der Waals surface area contributed by atoms with E-state index in [1.54, 1.807) is 6.07 Å². The number of hydrogen-bond donors (Lipinski definition) is 1. The quantitative estimate of drug-likeness (QED) is 0.767. The van der Waals surface area contributed by atoms with E-state index in [1.165, 1.54) is 6.92 Å². The number of nitriles is 1. The lowest BCUT2D eigenvalue weighted by molar-refractivity contribution is 0.0435. The van der Waals surface area contributed by atoms with Gasteiger partial charge < -0.3 is 4.74 Å². The highest BCUT2D eigenvalue weighted by molar-refractivity contribution is 7.89. The van der Waals surface area contributed by atoms with Crippen molar-refractivity contribution < 1.29 is 17.9 Å². The minimum absolute atomic E-state index is 0.0621. The van der Waals surface area contributed by atoms with E-state index in [2.05, 4.69) is 4.72 Å². The van der Waals surface area contributed by atoms with E-state index in [9.17, 15) is 13.2 Å². The monoisotopic (exact) mass is 378 g/mol. The van der Waals surface area contributed by atoms with Gasteiger partial charge in [-0.25, -0.2) is 17.9 Å². The molecule has 23 heavy (non-hydrogen) atoms. The number of hydrogen-bond acceptors (Lipinski definition) is 5. The molecule has 0 saturated heterocycles. The Kier molecular flexibility index (Phi) is 6.84. The first-order valence-electron chi connectivity index (χ1n) is 6.67. The van der Waals surface area contributed by atoms with Gasteiger partial charge in [0, 0.05) is 6.54 Å². The molecule has 1 aromatic carbocycles. The van der Waals surface area contributed by atoms with Crippen molar-refractivity contribution in [1.82, 2.24) is 4.72 Å². The van der Waals surface area contributed by atoms with Gasteiger partial charge in [-0.1, -0.05) is 37.0 Å². The zero-order valence-corrected chi connectivity index (χ0v) is 15.1. The molecule has 0 aromatic heterocycles. The highest BCUT2D eigenvalue weighted by Crippen LogP contribution is 2.29. The maximum atomic E-state index is 12.3. The fourth-order valence-corrected chi connectivity index (χ4v) is 3.56. The molecule has 0 heterocycles. The van der Waals surface area contributed by atoms with E-state index in [-0.39, 0.29) is 33.0 Å². The standard InChI is InChI=1S/C14H16Cl2N2O4S/c1-8(2)7-18-23(20,21)13-4-10(11(15)5-12(13)16)14(19)22-9(3)6-17/h4-5,8-9,18H,7H2,1-3H3/t9-/m1/s1. The first-order valence-corrected chi connectivity index (χ1v) is 8.91. The van der Waals surface area contributed by atoms with Crippen LogP contribution in [0.25, 0.3) is 0 Å². The molecule has 0 radical (unpaired) electrons. The molecule has 0 unspecified atom stereocenters. The second kappa shape index (κ2) is 7.97. The largest absolute Gasteiger partial charge is 0.444 e. The van der Waals surface area contributed by atoms with Gasteiger partial charge in [0.25, 0.3) is 0 Å². The predicted octanol–water partition coefficient (Wildman–Crippen LogP) is 3.00. The molecule has 0 amide bonds. The number of sulfonamides is 1. The van der Waals surface area contributed by atoms with Crippen LogP contribution in [0.5, 0.6) is 0 Å². The minimum atomic E-state index is -3.91. The average Bonchev–Trinajstić information content (AvgIpc) is 2.44. The summed E-state index contributed by atoms with van der Waals surface area (Å²) in [6, 6.07) is 3.93. The van der Waals surface area contributed by atoms with Crippen LogP contribution in [0.1, 0.15) is 31.1 Å². The molecule has 0 fully saturated rings. The fourth-order valence-electron chi connectivity index (χ4n) is 1.50. The molecule has 0 aliphatic carbocycles. The molecule has 0 aliphatic heterocycles. The molecule has 0 spiro atoms. The van der Waals surface area contributed by atoms with Gasteiger partial charge >= 0.3 is 5.97 Å². The molecule has 0 aliphatic rings. The Morgan fingerprint density at radius 3 is 2.43 bits per heavy atom. The van der Waals surface area contributed by atoms with Crippen LogP contribution in [0, 0.1) is 17.2 Å². The summed E-state index contributed by atoms with van der Waals surface area (Å²) < 4.78 is 31.8. The van der Waals surface area contributed by atoms with Crippen LogP contribution in [-0.2, 0) is 14.8 Å².